The van der Waals surface area contributed by atoms with Crippen molar-refractivity contribution in [1.82, 2.24) is 4.90 Å². The highest BCUT2D eigenvalue weighted by Crippen LogP contribution is 2.18. The number of hydrogen-bond acceptors (Lipinski definition) is 3. The first-order chi connectivity index (χ1) is 7.67. The van der Waals surface area contributed by atoms with Crippen molar-refractivity contribution in [3.05, 3.63) is 29.3 Å². The van der Waals surface area contributed by atoms with Crippen LogP contribution < -0.4 is 4.74 Å². The van der Waals surface area contributed by atoms with E-state index < -0.39 is 0 Å². The molecule has 0 aromatic heterocycles. The van der Waals surface area contributed by atoms with Crippen molar-refractivity contribution in [2.45, 2.75) is 13.3 Å². The Morgan fingerprint density at radius 3 is 2.62 bits per heavy atom. The first-order valence-corrected chi connectivity index (χ1v) is 6.23. The maximum absolute atomic E-state index is 5.24. The van der Waals surface area contributed by atoms with E-state index in [1.165, 1.54) is 11.1 Å². The molecular formula is C13H21NOS. The van der Waals surface area contributed by atoms with E-state index in [0.29, 0.717) is 0 Å². The van der Waals surface area contributed by atoms with E-state index in [0.717, 1.165) is 31.0 Å². The van der Waals surface area contributed by atoms with E-state index in [2.05, 4.69) is 43.6 Å². The lowest BCUT2D eigenvalue weighted by molar-refractivity contribution is 0.360. The summed E-state index contributed by atoms with van der Waals surface area (Å²) in [7, 11) is 3.84. The van der Waals surface area contributed by atoms with Gasteiger partial charge in [-0.1, -0.05) is 12.1 Å². The minimum absolute atomic E-state index is 0.915. The first-order valence-electron chi connectivity index (χ1n) is 5.60. The molecule has 0 atom stereocenters. The first kappa shape index (κ1) is 13.4. The highest BCUT2D eigenvalue weighted by atomic mass is 32.1. The molecule has 0 aliphatic rings. The number of methoxy groups -OCH3 is 1. The number of rotatable bonds is 6. The zero-order valence-corrected chi connectivity index (χ0v) is 11.3. The highest BCUT2D eigenvalue weighted by molar-refractivity contribution is 7.80. The molecule has 0 fully saturated rings. The van der Waals surface area contributed by atoms with E-state index in [1.54, 1.807) is 7.11 Å². The topological polar surface area (TPSA) is 12.5 Å². The summed E-state index contributed by atoms with van der Waals surface area (Å²) in [6, 6.07) is 6.39. The fourth-order valence-corrected chi connectivity index (χ4v) is 2.04. The van der Waals surface area contributed by atoms with E-state index in [-0.39, 0.29) is 0 Å². The van der Waals surface area contributed by atoms with Crippen LogP contribution in [0.15, 0.2) is 18.2 Å². The second-order valence-electron chi connectivity index (χ2n) is 4.08. The lowest BCUT2D eigenvalue weighted by Gasteiger charge is -2.15. The molecule has 2 nitrogen and oxygen atoms in total. The minimum atomic E-state index is 0.915. The Balaban J connectivity index is 2.51. The molecule has 0 unspecified atom stereocenters. The molecule has 1 rings (SSSR count). The lowest BCUT2D eigenvalue weighted by atomic mass is 10.1. The fourth-order valence-electron chi connectivity index (χ4n) is 1.70. The maximum atomic E-state index is 5.24. The highest BCUT2D eigenvalue weighted by Gasteiger charge is 2.01. The van der Waals surface area contributed by atoms with Gasteiger partial charge in [0.15, 0.2) is 0 Å². The lowest BCUT2D eigenvalue weighted by Crippen LogP contribution is -2.23. The van der Waals surface area contributed by atoms with E-state index >= 15 is 0 Å². The SMILES string of the molecule is COc1ccc(CCN(C)CCS)cc1C. The van der Waals surface area contributed by atoms with Crippen molar-refractivity contribution in [1.29, 1.82) is 0 Å². The summed E-state index contributed by atoms with van der Waals surface area (Å²) in [5.74, 6) is 1.88. The average molecular weight is 239 g/mol. The van der Waals surface area contributed by atoms with Gasteiger partial charge in [0.05, 0.1) is 7.11 Å². The second kappa shape index (κ2) is 6.81. The molecule has 0 saturated heterocycles. The second-order valence-corrected chi connectivity index (χ2v) is 4.53. The Hall–Kier alpha value is -0.670. The van der Waals surface area contributed by atoms with E-state index in [4.69, 9.17) is 4.74 Å². The van der Waals surface area contributed by atoms with Crippen molar-refractivity contribution < 1.29 is 4.74 Å². The molecule has 0 spiro atoms. The molecule has 0 radical (unpaired) electrons. The van der Waals surface area contributed by atoms with Gasteiger partial charge in [0.2, 0.25) is 0 Å². The van der Waals surface area contributed by atoms with Crippen LogP contribution in [0.4, 0.5) is 0 Å². The molecule has 1 aromatic carbocycles. The third-order valence-electron chi connectivity index (χ3n) is 2.72. The summed E-state index contributed by atoms with van der Waals surface area (Å²) in [6.07, 6.45) is 1.08. The van der Waals surface area contributed by atoms with Crippen LogP contribution in [-0.2, 0) is 6.42 Å². The summed E-state index contributed by atoms with van der Waals surface area (Å²) < 4.78 is 5.24. The van der Waals surface area contributed by atoms with Crippen molar-refractivity contribution >= 4 is 12.6 Å². The molecule has 0 N–H and O–H groups in total. The number of aryl methyl sites for hydroxylation is 1. The Bertz CT molecular complexity index is 328. The molecule has 0 aliphatic carbocycles. The molecular weight excluding hydrogens is 218 g/mol. The smallest absolute Gasteiger partial charge is 0.121 e. The van der Waals surface area contributed by atoms with Crippen molar-refractivity contribution in [3.63, 3.8) is 0 Å². The molecule has 0 bridgehead atoms. The van der Waals surface area contributed by atoms with Crippen LogP contribution in [0.3, 0.4) is 0 Å². The molecule has 0 amide bonds. The van der Waals surface area contributed by atoms with Crippen LogP contribution in [0.2, 0.25) is 0 Å². The van der Waals surface area contributed by atoms with Crippen LogP contribution in [0, 0.1) is 6.92 Å². The van der Waals surface area contributed by atoms with Crippen molar-refractivity contribution in [2.24, 2.45) is 0 Å². The van der Waals surface area contributed by atoms with Crippen LogP contribution in [0.1, 0.15) is 11.1 Å². The predicted molar refractivity (Wildman–Crippen MR) is 72.8 cm³/mol. The Morgan fingerprint density at radius 1 is 1.31 bits per heavy atom. The number of benzene rings is 1. The molecule has 0 saturated carbocycles. The average Bonchev–Trinajstić information content (AvgIpc) is 2.27. The third-order valence-corrected chi connectivity index (χ3v) is 2.92. The Labute approximate surface area is 104 Å². The summed E-state index contributed by atoms with van der Waals surface area (Å²) >= 11 is 4.22. The van der Waals surface area contributed by atoms with Gasteiger partial charge in [-0.2, -0.15) is 12.6 Å². The van der Waals surface area contributed by atoms with Crippen LogP contribution in [-0.4, -0.2) is 37.9 Å². The number of nitrogens with zero attached hydrogens (tertiary/aromatic N) is 1. The number of hydrogen-bond donors (Lipinski definition) is 1. The monoisotopic (exact) mass is 239 g/mol. The third kappa shape index (κ3) is 4.06. The van der Waals surface area contributed by atoms with E-state index in [1.807, 2.05) is 6.07 Å². The zero-order chi connectivity index (χ0) is 12.0. The normalized spacial score (nSPS) is 10.8. The summed E-state index contributed by atoms with van der Waals surface area (Å²) in [6.45, 7) is 4.20. The van der Waals surface area contributed by atoms with Gasteiger partial charge in [-0.3, -0.25) is 0 Å². The van der Waals surface area contributed by atoms with Gasteiger partial charge < -0.3 is 9.64 Å². The molecule has 3 heteroatoms. The standard InChI is InChI=1S/C13H21NOS/c1-11-10-12(4-5-13(11)15-3)6-7-14(2)8-9-16/h4-5,10,16H,6-9H2,1-3H3. The van der Waals surface area contributed by atoms with Crippen LogP contribution in [0.5, 0.6) is 5.75 Å². The van der Waals surface area contributed by atoms with E-state index in [9.17, 15) is 0 Å². The number of thiol groups is 1. The summed E-state index contributed by atoms with van der Waals surface area (Å²) in [5.41, 5.74) is 2.57. The fraction of sp³-hybridized carbons (Fsp3) is 0.538. The van der Waals surface area contributed by atoms with Gasteiger partial charge in [0.1, 0.15) is 5.75 Å². The van der Waals surface area contributed by atoms with Gasteiger partial charge in [-0.05, 0) is 37.6 Å². The minimum Gasteiger partial charge on any atom is -0.496 e. The van der Waals surface area contributed by atoms with Gasteiger partial charge >= 0.3 is 0 Å². The van der Waals surface area contributed by atoms with Crippen LogP contribution in [0.25, 0.3) is 0 Å². The molecule has 0 heterocycles. The number of ether oxygens (including phenoxy) is 1. The van der Waals surface area contributed by atoms with Crippen LogP contribution >= 0.6 is 12.6 Å². The van der Waals surface area contributed by atoms with Gasteiger partial charge in [0, 0.05) is 18.8 Å². The molecule has 16 heavy (non-hydrogen) atoms. The quantitative estimate of drug-likeness (QED) is 0.765. The van der Waals surface area contributed by atoms with Gasteiger partial charge in [-0.25, -0.2) is 0 Å². The molecule has 1 aromatic rings. The molecule has 90 valence electrons. The van der Waals surface area contributed by atoms with Crippen molar-refractivity contribution in [2.75, 3.05) is 33.0 Å². The van der Waals surface area contributed by atoms with Gasteiger partial charge in [-0.15, -0.1) is 0 Å². The Kier molecular flexibility index (Phi) is 5.71. The maximum Gasteiger partial charge on any atom is 0.121 e. The summed E-state index contributed by atoms with van der Waals surface area (Å²) in [5, 5.41) is 0. The summed E-state index contributed by atoms with van der Waals surface area (Å²) in [4.78, 5) is 2.30. The molecule has 0 aliphatic heterocycles. The predicted octanol–water partition coefficient (Wildman–Crippen LogP) is 2.41. The Morgan fingerprint density at radius 2 is 2.06 bits per heavy atom. The van der Waals surface area contributed by atoms with Gasteiger partial charge in [0.25, 0.3) is 0 Å². The van der Waals surface area contributed by atoms with Crippen molar-refractivity contribution in [3.8, 4) is 5.75 Å². The zero-order valence-electron chi connectivity index (χ0n) is 10.4. The number of likely N-dealkylation sites (N-methyl/N-ethyl adjacent to an activating group) is 1. The largest absolute Gasteiger partial charge is 0.496 e.